The molecule has 0 spiro atoms. The Labute approximate surface area is 69.9 Å². The highest BCUT2D eigenvalue weighted by atomic mass is 32.1. The van der Waals surface area contributed by atoms with Crippen molar-refractivity contribution in [2.45, 2.75) is 18.6 Å². The van der Waals surface area contributed by atoms with Crippen LogP contribution in [0.3, 0.4) is 0 Å². The van der Waals surface area contributed by atoms with Crippen LogP contribution in [0, 0.1) is 0 Å². The Hall–Kier alpha value is -0.710. The number of carboxylic acid groups (broad SMARTS) is 1. The lowest BCUT2D eigenvalue weighted by molar-refractivity contribution is -0.146. The van der Waals surface area contributed by atoms with Gasteiger partial charge in [-0.25, -0.2) is 0 Å². The molecule has 0 aromatic carbocycles. The van der Waals surface area contributed by atoms with Gasteiger partial charge in [-0.2, -0.15) is 12.6 Å². The van der Waals surface area contributed by atoms with Gasteiger partial charge in [0, 0.05) is 0 Å². The second kappa shape index (κ2) is 5.01. The fourth-order valence-electron chi connectivity index (χ4n) is 0.487. The number of aliphatic carboxylic acids is 1. The number of thiol groups is 1. The Kier molecular flexibility index (Phi) is 4.69. The molecule has 0 saturated carbocycles. The van der Waals surface area contributed by atoms with Crippen molar-refractivity contribution in [3.05, 3.63) is 0 Å². The Morgan fingerprint density at radius 3 is 2.55 bits per heavy atom. The standard InChI is InChI=1S/C6H10O4S/c1-2-10-6(9)4(11)3-5(7)8/h4,11H,2-3H2,1H3,(H,7,8)/t4-/m1/s1. The molecule has 5 heteroatoms. The minimum absolute atomic E-state index is 0.246. The number of carbonyl (C=O) groups is 2. The van der Waals surface area contributed by atoms with E-state index < -0.39 is 17.2 Å². The molecule has 0 aromatic rings. The van der Waals surface area contributed by atoms with Gasteiger partial charge in [-0.1, -0.05) is 0 Å². The van der Waals surface area contributed by atoms with Crippen LogP contribution in [0.4, 0.5) is 0 Å². The normalized spacial score (nSPS) is 12.2. The number of hydrogen-bond donors (Lipinski definition) is 2. The van der Waals surface area contributed by atoms with Crippen molar-refractivity contribution in [3.8, 4) is 0 Å². The van der Waals surface area contributed by atoms with Crippen LogP contribution in [0.5, 0.6) is 0 Å². The van der Waals surface area contributed by atoms with E-state index in [1.54, 1.807) is 6.92 Å². The summed E-state index contributed by atoms with van der Waals surface area (Å²) in [5.74, 6) is -1.64. The first-order valence-corrected chi connectivity index (χ1v) is 3.66. The van der Waals surface area contributed by atoms with E-state index in [2.05, 4.69) is 17.4 Å². The van der Waals surface area contributed by atoms with Crippen molar-refractivity contribution in [1.29, 1.82) is 0 Å². The van der Waals surface area contributed by atoms with E-state index in [9.17, 15) is 9.59 Å². The molecule has 0 rings (SSSR count). The summed E-state index contributed by atoms with van der Waals surface area (Å²) >= 11 is 3.74. The summed E-state index contributed by atoms with van der Waals surface area (Å²) < 4.78 is 4.53. The van der Waals surface area contributed by atoms with Gasteiger partial charge in [0.15, 0.2) is 0 Å². The average Bonchev–Trinajstić information content (AvgIpc) is 1.86. The second-order valence-corrected chi connectivity index (χ2v) is 2.49. The van der Waals surface area contributed by atoms with Crippen LogP contribution in [-0.4, -0.2) is 28.9 Å². The van der Waals surface area contributed by atoms with Gasteiger partial charge < -0.3 is 9.84 Å². The SMILES string of the molecule is CCOC(=O)[C@H](S)CC(=O)O. The molecule has 0 radical (unpaired) electrons. The number of carbonyl (C=O) groups excluding carboxylic acids is 1. The molecule has 0 aromatic heterocycles. The topological polar surface area (TPSA) is 63.6 Å². The van der Waals surface area contributed by atoms with Crippen molar-refractivity contribution in [3.63, 3.8) is 0 Å². The zero-order valence-electron chi connectivity index (χ0n) is 6.11. The van der Waals surface area contributed by atoms with Crippen LogP contribution < -0.4 is 0 Å². The lowest BCUT2D eigenvalue weighted by atomic mass is 10.3. The third-order valence-electron chi connectivity index (χ3n) is 0.927. The van der Waals surface area contributed by atoms with Crippen molar-refractivity contribution in [2.24, 2.45) is 0 Å². The zero-order chi connectivity index (χ0) is 8.85. The molecular weight excluding hydrogens is 168 g/mol. The van der Waals surface area contributed by atoms with Crippen molar-refractivity contribution in [2.75, 3.05) is 6.61 Å². The van der Waals surface area contributed by atoms with E-state index in [0.717, 1.165) is 0 Å². The van der Waals surface area contributed by atoms with Crippen LogP contribution >= 0.6 is 12.6 Å². The van der Waals surface area contributed by atoms with E-state index in [4.69, 9.17) is 5.11 Å². The summed E-state index contributed by atoms with van der Waals surface area (Å²) in [7, 11) is 0. The van der Waals surface area contributed by atoms with Gasteiger partial charge in [0.1, 0.15) is 5.25 Å². The van der Waals surface area contributed by atoms with Gasteiger partial charge in [0.2, 0.25) is 0 Å². The molecule has 0 fully saturated rings. The smallest absolute Gasteiger partial charge is 0.319 e. The van der Waals surface area contributed by atoms with Crippen molar-refractivity contribution < 1.29 is 19.4 Å². The fourth-order valence-corrected chi connectivity index (χ4v) is 0.718. The Morgan fingerprint density at radius 1 is 1.64 bits per heavy atom. The molecule has 64 valence electrons. The number of ether oxygens (including phenoxy) is 1. The van der Waals surface area contributed by atoms with Gasteiger partial charge in [-0.15, -0.1) is 0 Å². The van der Waals surface area contributed by atoms with Crippen molar-refractivity contribution in [1.82, 2.24) is 0 Å². The summed E-state index contributed by atoms with van der Waals surface area (Å²) in [5, 5.41) is 7.39. The Bertz CT molecular complexity index is 157. The predicted octanol–water partition coefficient (Wildman–Crippen LogP) is 0.323. The molecule has 11 heavy (non-hydrogen) atoms. The number of hydrogen-bond acceptors (Lipinski definition) is 4. The number of rotatable bonds is 4. The number of esters is 1. The van der Waals surface area contributed by atoms with Gasteiger partial charge in [0.25, 0.3) is 0 Å². The highest BCUT2D eigenvalue weighted by molar-refractivity contribution is 7.81. The molecule has 0 saturated heterocycles. The van der Waals surface area contributed by atoms with Crippen molar-refractivity contribution >= 4 is 24.6 Å². The molecule has 1 N–H and O–H groups in total. The van der Waals surface area contributed by atoms with E-state index in [1.165, 1.54) is 0 Å². The first kappa shape index (κ1) is 10.3. The van der Waals surface area contributed by atoms with Crippen LogP contribution in [0.15, 0.2) is 0 Å². The quantitative estimate of drug-likeness (QED) is 0.481. The van der Waals surface area contributed by atoms with Gasteiger partial charge in [-0.3, -0.25) is 9.59 Å². The lowest BCUT2D eigenvalue weighted by Gasteiger charge is -2.05. The first-order chi connectivity index (χ1) is 5.07. The maximum absolute atomic E-state index is 10.7. The molecule has 0 aliphatic heterocycles. The predicted molar refractivity (Wildman–Crippen MR) is 41.7 cm³/mol. The van der Waals surface area contributed by atoms with Crippen LogP contribution in [0.1, 0.15) is 13.3 Å². The molecule has 0 aliphatic carbocycles. The monoisotopic (exact) mass is 178 g/mol. The fraction of sp³-hybridized carbons (Fsp3) is 0.667. The summed E-state index contributed by atoms with van der Waals surface area (Å²) in [5.41, 5.74) is 0. The third-order valence-corrected chi connectivity index (χ3v) is 1.32. The minimum Gasteiger partial charge on any atom is -0.481 e. The lowest BCUT2D eigenvalue weighted by Crippen LogP contribution is -2.21. The summed E-state index contributed by atoms with van der Waals surface area (Å²) in [4.78, 5) is 20.8. The highest BCUT2D eigenvalue weighted by Crippen LogP contribution is 2.03. The summed E-state index contributed by atoms with van der Waals surface area (Å²) in [6, 6.07) is 0. The van der Waals surface area contributed by atoms with Gasteiger partial charge >= 0.3 is 11.9 Å². The second-order valence-electron chi connectivity index (χ2n) is 1.87. The first-order valence-electron chi connectivity index (χ1n) is 3.14. The molecule has 0 amide bonds. The van der Waals surface area contributed by atoms with Crippen LogP contribution in [-0.2, 0) is 14.3 Å². The minimum atomic E-state index is -1.06. The Morgan fingerprint density at radius 2 is 2.18 bits per heavy atom. The third kappa shape index (κ3) is 4.66. The molecule has 4 nitrogen and oxygen atoms in total. The maximum Gasteiger partial charge on any atom is 0.319 e. The number of carboxylic acids is 1. The molecule has 0 aliphatic rings. The average molecular weight is 178 g/mol. The van der Waals surface area contributed by atoms with Gasteiger partial charge in [-0.05, 0) is 6.92 Å². The van der Waals surface area contributed by atoms with Crippen LogP contribution in [0.2, 0.25) is 0 Å². The summed E-state index contributed by atoms with van der Waals surface area (Å²) in [6.07, 6.45) is -0.304. The molecule has 0 bridgehead atoms. The van der Waals surface area contributed by atoms with Crippen LogP contribution in [0.25, 0.3) is 0 Å². The summed E-state index contributed by atoms with van der Waals surface area (Å²) in [6.45, 7) is 1.90. The molecular formula is C6H10O4S. The molecule has 0 heterocycles. The maximum atomic E-state index is 10.7. The largest absolute Gasteiger partial charge is 0.481 e. The molecule has 1 atom stereocenters. The molecule has 0 unspecified atom stereocenters. The van der Waals surface area contributed by atoms with E-state index in [1.807, 2.05) is 0 Å². The Balaban J connectivity index is 3.73. The van der Waals surface area contributed by atoms with E-state index >= 15 is 0 Å². The van der Waals surface area contributed by atoms with E-state index in [-0.39, 0.29) is 13.0 Å². The zero-order valence-corrected chi connectivity index (χ0v) is 7.01. The van der Waals surface area contributed by atoms with E-state index in [0.29, 0.717) is 0 Å². The highest BCUT2D eigenvalue weighted by Gasteiger charge is 2.17. The van der Waals surface area contributed by atoms with Gasteiger partial charge in [0.05, 0.1) is 13.0 Å².